The van der Waals surface area contributed by atoms with Crippen molar-refractivity contribution in [2.24, 2.45) is 11.8 Å². The minimum Gasteiger partial charge on any atom is -0.379 e. The van der Waals surface area contributed by atoms with Gasteiger partial charge in [0.2, 0.25) is 11.8 Å². The molecule has 7 nitrogen and oxygen atoms in total. The molecule has 5 rings (SSSR count). The maximum absolute atomic E-state index is 12.7. The van der Waals surface area contributed by atoms with E-state index < -0.39 is 0 Å². The van der Waals surface area contributed by atoms with Gasteiger partial charge in [0.05, 0.1) is 19.1 Å². The number of amides is 2. The number of fused-ring (bicyclic) bond motifs is 1. The number of aromatic nitrogens is 1. The van der Waals surface area contributed by atoms with Gasteiger partial charge in [0.25, 0.3) is 0 Å². The summed E-state index contributed by atoms with van der Waals surface area (Å²) >= 11 is 0. The van der Waals surface area contributed by atoms with Gasteiger partial charge in [-0.3, -0.25) is 14.5 Å². The minimum absolute atomic E-state index is 0.0484. The first-order valence-corrected chi connectivity index (χ1v) is 11.1. The van der Waals surface area contributed by atoms with Crippen molar-refractivity contribution in [2.75, 3.05) is 51.3 Å². The number of rotatable bonds is 7. The van der Waals surface area contributed by atoms with E-state index in [-0.39, 0.29) is 17.7 Å². The maximum Gasteiger partial charge on any atom is 0.229 e. The van der Waals surface area contributed by atoms with Crippen LogP contribution in [0.1, 0.15) is 19.3 Å². The van der Waals surface area contributed by atoms with Crippen LogP contribution >= 0.6 is 0 Å². The Morgan fingerprint density at radius 1 is 1.13 bits per heavy atom. The van der Waals surface area contributed by atoms with Gasteiger partial charge < -0.3 is 19.5 Å². The lowest BCUT2D eigenvalue weighted by Gasteiger charge is -2.26. The molecular weight excluding hydrogens is 380 g/mol. The fraction of sp³-hybridized carbons (Fsp3) is 0.565. The molecule has 2 aliphatic heterocycles. The number of anilines is 1. The molecule has 1 unspecified atom stereocenters. The van der Waals surface area contributed by atoms with Crippen molar-refractivity contribution in [3.05, 3.63) is 30.5 Å². The predicted octanol–water partition coefficient (Wildman–Crippen LogP) is 2.17. The molecule has 3 aliphatic rings. The van der Waals surface area contributed by atoms with E-state index in [0.717, 1.165) is 57.0 Å². The highest BCUT2D eigenvalue weighted by Crippen LogP contribution is 2.32. The largest absolute Gasteiger partial charge is 0.379 e. The second-order valence-corrected chi connectivity index (χ2v) is 8.87. The molecule has 1 aromatic carbocycles. The van der Waals surface area contributed by atoms with E-state index in [9.17, 15) is 9.59 Å². The molecule has 2 saturated heterocycles. The van der Waals surface area contributed by atoms with E-state index >= 15 is 0 Å². The number of benzene rings is 1. The maximum atomic E-state index is 12.7. The normalized spacial score (nSPS) is 22.7. The molecule has 160 valence electrons. The number of hydrogen-bond acceptors (Lipinski definition) is 4. The lowest BCUT2D eigenvalue weighted by atomic mass is 10.1. The third-order valence-corrected chi connectivity index (χ3v) is 6.56. The molecule has 2 amide bonds. The Kier molecular flexibility index (Phi) is 5.48. The lowest BCUT2D eigenvalue weighted by Crippen LogP contribution is -2.38. The van der Waals surface area contributed by atoms with Crippen molar-refractivity contribution in [1.82, 2.24) is 14.4 Å². The van der Waals surface area contributed by atoms with Gasteiger partial charge in [-0.15, -0.1) is 0 Å². The van der Waals surface area contributed by atoms with Crippen LogP contribution in [0.5, 0.6) is 0 Å². The Balaban J connectivity index is 1.19. The Morgan fingerprint density at radius 2 is 1.97 bits per heavy atom. The van der Waals surface area contributed by atoms with E-state index in [0.29, 0.717) is 18.9 Å². The van der Waals surface area contributed by atoms with Crippen LogP contribution in [0.4, 0.5) is 5.69 Å². The first-order chi connectivity index (χ1) is 14.7. The summed E-state index contributed by atoms with van der Waals surface area (Å²) in [6.45, 7) is 6.97. The van der Waals surface area contributed by atoms with Crippen molar-refractivity contribution in [1.29, 1.82) is 0 Å². The highest BCUT2D eigenvalue weighted by molar-refractivity contribution is 5.98. The average Bonchev–Trinajstić information content (AvgIpc) is 3.37. The summed E-state index contributed by atoms with van der Waals surface area (Å²) in [4.78, 5) is 29.2. The Labute approximate surface area is 176 Å². The summed E-state index contributed by atoms with van der Waals surface area (Å²) in [5.74, 6) is 0.484. The number of carbonyl (C=O) groups excluding carboxylic acids is 2. The van der Waals surface area contributed by atoms with E-state index in [1.54, 1.807) is 0 Å². The molecule has 0 spiro atoms. The van der Waals surface area contributed by atoms with Crippen molar-refractivity contribution in [3.8, 4) is 0 Å². The highest BCUT2D eigenvalue weighted by atomic mass is 16.5. The Morgan fingerprint density at radius 3 is 2.77 bits per heavy atom. The van der Waals surface area contributed by atoms with E-state index in [1.165, 1.54) is 18.4 Å². The Hall–Kier alpha value is -2.38. The number of morpholine rings is 1. The molecule has 0 bridgehead atoms. The smallest absolute Gasteiger partial charge is 0.229 e. The van der Waals surface area contributed by atoms with Crippen LogP contribution in [-0.2, 0) is 20.9 Å². The second-order valence-electron chi connectivity index (χ2n) is 8.87. The molecule has 3 fully saturated rings. The van der Waals surface area contributed by atoms with Crippen LogP contribution in [0.15, 0.2) is 30.5 Å². The summed E-state index contributed by atoms with van der Waals surface area (Å²) in [5, 5.41) is 4.15. The van der Waals surface area contributed by atoms with Crippen molar-refractivity contribution in [2.45, 2.75) is 25.8 Å². The third-order valence-electron chi connectivity index (χ3n) is 6.56. The molecule has 1 saturated carbocycles. The van der Waals surface area contributed by atoms with Crippen LogP contribution in [0.25, 0.3) is 10.9 Å². The summed E-state index contributed by atoms with van der Waals surface area (Å²) in [5.41, 5.74) is 1.97. The molecule has 1 atom stereocenters. The topological polar surface area (TPSA) is 66.8 Å². The quantitative estimate of drug-likeness (QED) is 0.760. The van der Waals surface area contributed by atoms with Crippen LogP contribution in [0.2, 0.25) is 0 Å². The van der Waals surface area contributed by atoms with Gasteiger partial charge >= 0.3 is 0 Å². The van der Waals surface area contributed by atoms with Crippen molar-refractivity contribution >= 4 is 28.4 Å². The monoisotopic (exact) mass is 410 g/mol. The summed E-state index contributed by atoms with van der Waals surface area (Å²) < 4.78 is 7.68. The molecule has 7 heteroatoms. The number of likely N-dealkylation sites (tertiary alicyclic amines) is 1. The fourth-order valence-corrected chi connectivity index (χ4v) is 4.53. The molecule has 30 heavy (non-hydrogen) atoms. The lowest BCUT2D eigenvalue weighted by molar-refractivity contribution is -0.128. The number of nitrogens with one attached hydrogen (secondary N) is 1. The first kappa shape index (κ1) is 19.6. The molecule has 0 radical (unpaired) electrons. The van der Waals surface area contributed by atoms with Crippen LogP contribution < -0.4 is 5.32 Å². The predicted molar refractivity (Wildman–Crippen MR) is 115 cm³/mol. The molecular formula is C23H30N4O3. The zero-order valence-electron chi connectivity index (χ0n) is 17.4. The van der Waals surface area contributed by atoms with Crippen LogP contribution in [0.3, 0.4) is 0 Å². The number of ether oxygens (including phenoxy) is 1. The average molecular weight is 411 g/mol. The molecule has 3 heterocycles. The number of carbonyl (C=O) groups is 2. The van der Waals surface area contributed by atoms with Gasteiger partial charge in [-0.2, -0.15) is 0 Å². The van der Waals surface area contributed by atoms with Gasteiger partial charge in [-0.1, -0.05) is 0 Å². The summed E-state index contributed by atoms with van der Waals surface area (Å²) in [7, 11) is 0. The molecule has 1 aliphatic carbocycles. The molecule has 2 aromatic rings. The van der Waals surface area contributed by atoms with Gasteiger partial charge in [0.1, 0.15) is 0 Å². The Bertz CT molecular complexity index is 930. The van der Waals surface area contributed by atoms with E-state index in [4.69, 9.17) is 4.74 Å². The number of nitrogens with zero attached hydrogens (tertiary/aromatic N) is 3. The molecule has 1 aromatic heterocycles. The second kappa shape index (κ2) is 8.40. The van der Waals surface area contributed by atoms with Crippen molar-refractivity contribution in [3.63, 3.8) is 0 Å². The van der Waals surface area contributed by atoms with Gasteiger partial charge in [0, 0.05) is 68.5 Å². The zero-order chi connectivity index (χ0) is 20.5. The highest BCUT2D eigenvalue weighted by Gasteiger charge is 2.37. The van der Waals surface area contributed by atoms with Gasteiger partial charge in [-0.25, -0.2) is 0 Å². The van der Waals surface area contributed by atoms with Crippen LogP contribution in [-0.4, -0.2) is 72.1 Å². The summed E-state index contributed by atoms with van der Waals surface area (Å²) in [6, 6.07) is 8.16. The standard InChI is InChI=1S/C23H30N4O3/c28-22-14-19(16-27(22)15-17-1-2-17)23(29)24-20-3-4-21-18(13-20)5-6-26(21)8-7-25-9-11-30-12-10-25/h3-6,13,17,19H,1-2,7-12,14-16H2,(H,24,29). The third kappa shape index (κ3) is 4.37. The zero-order valence-corrected chi connectivity index (χ0v) is 17.4. The SMILES string of the molecule is O=C(Nc1ccc2c(ccn2CCN2CCOCC2)c1)C1CC(=O)N(CC2CC2)C1. The fourth-order valence-electron chi connectivity index (χ4n) is 4.53. The van der Waals surface area contributed by atoms with Gasteiger partial charge in [0.15, 0.2) is 0 Å². The number of hydrogen-bond donors (Lipinski definition) is 1. The molecule has 1 N–H and O–H groups in total. The minimum atomic E-state index is -0.245. The van der Waals surface area contributed by atoms with E-state index in [2.05, 4.69) is 33.1 Å². The van der Waals surface area contributed by atoms with Crippen molar-refractivity contribution < 1.29 is 14.3 Å². The van der Waals surface area contributed by atoms with Crippen LogP contribution in [0, 0.1) is 11.8 Å². The summed E-state index contributed by atoms with van der Waals surface area (Å²) in [6.07, 6.45) is 4.88. The van der Waals surface area contributed by atoms with Gasteiger partial charge in [-0.05, 0) is 43.0 Å². The van der Waals surface area contributed by atoms with E-state index in [1.807, 2.05) is 17.0 Å². The first-order valence-electron chi connectivity index (χ1n) is 11.1.